The third kappa shape index (κ3) is 10.6. The molecule has 0 aliphatic rings. The zero-order chi connectivity index (χ0) is 31.8. The number of benzene rings is 2. The van der Waals surface area contributed by atoms with Gasteiger partial charge in [-0.3, -0.25) is 0 Å². The predicted molar refractivity (Wildman–Crippen MR) is 166 cm³/mol. The third-order valence-electron chi connectivity index (χ3n) is 5.15. The minimum atomic E-state index is -0.433. The molecule has 0 saturated carbocycles. The highest BCUT2D eigenvalue weighted by atomic mass is 35.5. The summed E-state index contributed by atoms with van der Waals surface area (Å²) in [6.45, 7) is 0. The molecule has 0 spiro atoms. The van der Waals surface area contributed by atoms with Crippen LogP contribution in [0.15, 0.2) is 60.9 Å². The minimum absolute atomic E-state index is 0.398. The second-order valence-electron chi connectivity index (χ2n) is 7.95. The van der Waals surface area contributed by atoms with Crippen LogP contribution in [0.3, 0.4) is 0 Å². The van der Waals surface area contributed by atoms with Crippen molar-refractivity contribution < 1.29 is 19.1 Å². The number of ether oxygens (including phenoxy) is 2. The van der Waals surface area contributed by atoms with Gasteiger partial charge in [-0.2, -0.15) is 0 Å². The van der Waals surface area contributed by atoms with E-state index in [0.717, 1.165) is 0 Å². The molecule has 0 bridgehead atoms. The molecule has 13 heteroatoms. The Morgan fingerprint density at radius 1 is 0.791 bits per heavy atom. The van der Waals surface area contributed by atoms with Crippen LogP contribution in [0.2, 0.25) is 5.15 Å². The van der Waals surface area contributed by atoms with Crippen LogP contribution >= 0.6 is 11.6 Å². The number of esters is 2. The molecule has 0 aliphatic heterocycles. The molecule has 6 N–H and O–H groups in total. The highest BCUT2D eigenvalue weighted by Gasteiger charge is 2.08. The summed E-state index contributed by atoms with van der Waals surface area (Å²) in [5.74, 6) is 8.34. The largest absolute Gasteiger partial charge is 0.465 e. The summed E-state index contributed by atoms with van der Waals surface area (Å²) in [5.41, 5.74) is 14.8. The SMILES string of the molecule is C#Cc1cc(C(=O)OC)ccc1N.CNc1nccc(C#Cc2cc(C(=O)OC)ccc2N)n1.CNc1nccc(Cl)n1. The fourth-order valence-electron chi connectivity index (χ4n) is 2.97. The fraction of sp³-hybridized carbons (Fsp3) is 0.133. The first-order valence-corrected chi connectivity index (χ1v) is 12.6. The van der Waals surface area contributed by atoms with Crippen LogP contribution in [0.1, 0.15) is 37.5 Å². The van der Waals surface area contributed by atoms with Gasteiger partial charge in [0.25, 0.3) is 0 Å². The zero-order valence-electron chi connectivity index (χ0n) is 23.8. The number of nitrogens with zero attached hydrogens (tertiary/aromatic N) is 4. The maximum Gasteiger partial charge on any atom is 0.337 e. The quantitative estimate of drug-likeness (QED) is 0.116. The lowest BCUT2D eigenvalue weighted by Crippen LogP contribution is -2.02. The van der Waals surface area contributed by atoms with Crippen LogP contribution in [-0.2, 0) is 9.47 Å². The van der Waals surface area contributed by atoms with Crippen LogP contribution in [0.25, 0.3) is 0 Å². The summed E-state index contributed by atoms with van der Waals surface area (Å²) in [6.07, 6.45) is 8.39. The Hall–Kier alpha value is -5.85. The van der Waals surface area contributed by atoms with Crippen LogP contribution in [0, 0.1) is 24.2 Å². The second-order valence-corrected chi connectivity index (χ2v) is 8.34. The van der Waals surface area contributed by atoms with Crippen molar-refractivity contribution >= 4 is 46.8 Å². The maximum atomic E-state index is 11.5. The molecule has 43 heavy (non-hydrogen) atoms. The smallest absolute Gasteiger partial charge is 0.337 e. The van der Waals surface area contributed by atoms with E-state index in [9.17, 15) is 9.59 Å². The van der Waals surface area contributed by atoms with Gasteiger partial charge in [-0.05, 0) is 54.5 Å². The first-order valence-electron chi connectivity index (χ1n) is 12.3. The Labute approximate surface area is 254 Å². The van der Waals surface area contributed by atoms with E-state index >= 15 is 0 Å². The van der Waals surface area contributed by atoms with Gasteiger partial charge in [0.15, 0.2) is 0 Å². The molecule has 0 fully saturated rings. The van der Waals surface area contributed by atoms with E-state index < -0.39 is 11.9 Å². The fourth-order valence-corrected chi connectivity index (χ4v) is 3.11. The molecular weight excluding hydrogens is 572 g/mol. The van der Waals surface area contributed by atoms with Crippen LogP contribution in [-0.4, -0.2) is 60.2 Å². The second kappa shape index (κ2) is 17.1. The van der Waals surface area contributed by atoms with E-state index in [-0.39, 0.29) is 0 Å². The molecule has 220 valence electrons. The highest BCUT2D eigenvalue weighted by molar-refractivity contribution is 6.29. The van der Waals surface area contributed by atoms with Crippen LogP contribution in [0.5, 0.6) is 0 Å². The van der Waals surface area contributed by atoms with Crippen molar-refractivity contribution in [3.05, 3.63) is 94.0 Å². The van der Waals surface area contributed by atoms with E-state index in [1.54, 1.807) is 69.0 Å². The summed E-state index contributed by atoms with van der Waals surface area (Å²) in [6, 6.07) is 12.8. The Morgan fingerprint density at radius 2 is 1.30 bits per heavy atom. The Balaban J connectivity index is 0.000000249. The number of terminal acetylenes is 1. The first kappa shape index (κ1) is 33.4. The summed E-state index contributed by atoms with van der Waals surface area (Å²) in [5, 5.41) is 6.05. The van der Waals surface area contributed by atoms with Gasteiger partial charge in [0.05, 0.1) is 25.3 Å². The summed E-state index contributed by atoms with van der Waals surface area (Å²) >= 11 is 5.53. The van der Waals surface area contributed by atoms with E-state index in [2.05, 4.69) is 57.8 Å². The van der Waals surface area contributed by atoms with Gasteiger partial charge in [-0.25, -0.2) is 29.5 Å². The van der Waals surface area contributed by atoms with Gasteiger partial charge in [0, 0.05) is 49.0 Å². The molecule has 0 atom stereocenters. The monoisotopic (exact) mass is 600 g/mol. The lowest BCUT2D eigenvalue weighted by Gasteiger charge is -2.02. The first-order chi connectivity index (χ1) is 20.6. The molecule has 2 aromatic heterocycles. The van der Waals surface area contributed by atoms with Crippen molar-refractivity contribution in [1.82, 2.24) is 19.9 Å². The highest BCUT2D eigenvalue weighted by Crippen LogP contribution is 2.15. The average molecular weight is 601 g/mol. The lowest BCUT2D eigenvalue weighted by atomic mass is 10.1. The number of rotatable bonds is 4. The zero-order valence-corrected chi connectivity index (χ0v) is 24.6. The number of aromatic nitrogens is 4. The molecule has 2 aromatic carbocycles. The number of carbonyl (C=O) groups excluding carboxylic acids is 2. The third-order valence-corrected chi connectivity index (χ3v) is 5.36. The Kier molecular flexibility index (Phi) is 13.2. The van der Waals surface area contributed by atoms with E-state index in [0.29, 0.717) is 56.4 Å². The topological polar surface area (TPSA) is 180 Å². The molecule has 12 nitrogen and oxygen atoms in total. The molecule has 0 amide bonds. The van der Waals surface area contributed by atoms with Gasteiger partial charge < -0.3 is 31.6 Å². The number of halogens is 1. The Bertz CT molecular complexity index is 1680. The van der Waals surface area contributed by atoms with Gasteiger partial charge >= 0.3 is 11.9 Å². The molecular formula is C30H29ClN8O4. The molecule has 4 aromatic rings. The van der Waals surface area contributed by atoms with E-state index in [1.807, 2.05) is 0 Å². The number of nitrogens with two attached hydrogens (primary N) is 2. The number of nitrogen functional groups attached to an aromatic ring is 2. The van der Waals surface area contributed by atoms with E-state index in [1.165, 1.54) is 20.3 Å². The van der Waals surface area contributed by atoms with Crippen molar-refractivity contribution in [2.75, 3.05) is 50.4 Å². The van der Waals surface area contributed by atoms with Gasteiger partial charge in [0.1, 0.15) is 10.8 Å². The van der Waals surface area contributed by atoms with E-state index in [4.69, 9.17) is 29.5 Å². The Morgan fingerprint density at radius 3 is 1.79 bits per heavy atom. The molecule has 0 radical (unpaired) electrons. The number of hydrogen-bond acceptors (Lipinski definition) is 12. The van der Waals surface area contributed by atoms with Crippen LogP contribution < -0.4 is 22.1 Å². The summed E-state index contributed by atoms with van der Waals surface area (Å²) in [4.78, 5) is 38.4. The molecule has 0 unspecified atom stereocenters. The number of nitrogens with one attached hydrogen (secondary N) is 2. The molecule has 4 rings (SSSR count). The van der Waals surface area contributed by atoms with Gasteiger partial charge in [0.2, 0.25) is 11.9 Å². The summed E-state index contributed by atoms with van der Waals surface area (Å²) in [7, 11) is 6.11. The lowest BCUT2D eigenvalue weighted by molar-refractivity contribution is 0.0592. The number of carbonyl (C=O) groups is 2. The number of hydrogen-bond donors (Lipinski definition) is 4. The normalized spacial score (nSPS) is 9.21. The molecule has 0 saturated heterocycles. The van der Waals surface area contributed by atoms with Crippen molar-refractivity contribution in [2.24, 2.45) is 0 Å². The minimum Gasteiger partial charge on any atom is -0.465 e. The van der Waals surface area contributed by atoms with Gasteiger partial charge in [-0.1, -0.05) is 23.4 Å². The molecule has 2 heterocycles. The van der Waals surface area contributed by atoms with Gasteiger partial charge in [-0.15, -0.1) is 6.42 Å². The average Bonchev–Trinajstić information content (AvgIpc) is 3.04. The van der Waals surface area contributed by atoms with Crippen molar-refractivity contribution in [3.8, 4) is 24.2 Å². The van der Waals surface area contributed by atoms with Crippen LogP contribution in [0.4, 0.5) is 23.3 Å². The molecule has 0 aliphatic carbocycles. The summed E-state index contributed by atoms with van der Waals surface area (Å²) < 4.78 is 9.19. The van der Waals surface area contributed by atoms with Crippen molar-refractivity contribution in [2.45, 2.75) is 0 Å². The van der Waals surface area contributed by atoms with Crippen molar-refractivity contribution in [1.29, 1.82) is 0 Å². The standard InChI is InChI=1S/C15H14N4O2.C10H9NO2.C5H6ClN3/c1-17-15-18-8-7-12(19-15)5-3-10-9-11(14(20)21-2)4-6-13(10)16;1-3-7-6-8(10(12)13-2)4-5-9(7)11;1-7-5-8-3-2-4(6)9-5/h4,6-9H,16H2,1-2H3,(H,17,18,19);1,4-6H,11H2,2H3;2-3H,1H3,(H,7,8,9). The maximum absolute atomic E-state index is 11.5. The number of methoxy groups -OCH3 is 2. The number of anilines is 4. The predicted octanol–water partition coefficient (Wildman–Crippen LogP) is 3.50. The van der Waals surface area contributed by atoms with Crippen molar-refractivity contribution in [3.63, 3.8) is 0 Å².